The van der Waals surface area contributed by atoms with E-state index in [0.717, 1.165) is 13.1 Å². The molecule has 0 bridgehead atoms. The maximum atomic E-state index is 2.47. The van der Waals surface area contributed by atoms with Crippen LogP contribution in [0.2, 0.25) is 0 Å². The van der Waals surface area contributed by atoms with E-state index >= 15 is 0 Å². The number of rotatable bonds is 14. The molecule has 0 atom stereocenters. The molecule has 8 nitrogen and oxygen atoms in total. The Balaban J connectivity index is 0.000000116. The SMILES string of the molecule is CC(C)Cn1c2ccccc2c2cc(N(C)c3ccccc3)ccc21.CCCCn1c2ccccc2c2cc(N(C)c3ccccc3)ccc21.CN(c1ccccc1)c1ccc2c(c1)c1ccccc1n2C(C)(C)C.Cc1ccc2c(c1)c1cc(N(C)c3ccccc3)ccc1n2-c1ccccc1. The number of aromatic nitrogens is 4. The van der Waals surface area contributed by atoms with Crippen LogP contribution in [0.25, 0.3) is 92.9 Å². The molecule has 17 aromatic rings. The summed E-state index contributed by atoms with van der Waals surface area (Å²) in [4.78, 5) is 8.97. The monoisotopic (exact) mass is 1350 g/mol. The van der Waals surface area contributed by atoms with E-state index < -0.39 is 0 Å². The van der Waals surface area contributed by atoms with Gasteiger partial charge in [-0.15, -0.1) is 0 Å². The Hall–Kier alpha value is -11.7. The molecule has 0 aliphatic heterocycles. The number of unbranched alkanes of at least 4 members (excludes halogenated alkanes) is 1. The molecule has 4 heterocycles. The Labute approximate surface area is 607 Å². The van der Waals surface area contributed by atoms with E-state index in [1.807, 2.05) is 0 Å². The predicted molar refractivity (Wildman–Crippen MR) is 447 cm³/mol. The smallest absolute Gasteiger partial charge is 0.0542 e. The van der Waals surface area contributed by atoms with Crippen molar-refractivity contribution in [2.45, 2.75) is 79.9 Å². The Kier molecular flexibility index (Phi) is 19.8. The molecule has 8 heteroatoms. The van der Waals surface area contributed by atoms with Gasteiger partial charge >= 0.3 is 0 Å². The van der Waals surface area contributed by atoms with Crippen molar-refractivity contribution >= 4 is 133 Å². The molecule has 0 spiro atoms. The highest BCUT2D eigenvalue weighted by atomic mass is 15.1. The van der Waals surface area contributed by atoms with Crippen molar-refractivity contribution in [3.63, 3.8) is 0 Å². The molecular weight excluding hydrogens is 1250 g/mol. The van der Waals surface area contributed by atoms with E-state index in [0.29, 0.717) is 5.92 Å². The summed E-state index contributed by atoms with van der Waals surface area (Å²) in [5.74, 6) is 0.616. The van der Waals surface area contributed by atoms with Crippen molar-refractivity contribution < 1.29 is 0 Å². The molecule has 0 aliphatic rings. The average Bonchev–Trinajstić information content (AvgIpc) is 1.62. The van der Waals surface area contributed by atoms with Crippen LogP contribution in [0.5, 0.6) is 0 Å². The van der Waals surface area contributed by atoms with Gasteiger partial charge in [0.05, 0.1) is 11.0 Å². The van der Waals surface area contributed by atoms with Crippen molar-refractivity contribution in [1.29, 1.82) is 0 Å². The number of fused-ring (bicyclic) bond motifs is 12. The van der Waals surface area contributed by atoms with Gasteiger partial charge in [-0.3, -0.25) is 0 Å². The highest BCUT2D eigenvalue weighted by Crippen LogP contribution is 2.41. The molecule has 0 radical (unpaired) electrons. The van der Waals surface area contributed by atoms with Crippen molar-refractivity contribution in [3.8, 4) is 5.69 Å². The lowest BCUT2D eigenvalue weighted by Crippen LogP contribution is -2.21. The minimum Gasteiger partial charge on any atom is -0.345 e. The molecule has 0 unspecified atom stereocenters. The summed E-state index contributed by atoms with van der Waals surface area (Å²) in [6, 6.07) is 113. The van der Waals surface area contributed by atoms with Gasteiger partial charge in [0.25, 0.3) is 0 Å². The molecule has 13 aromatic carbocycles. The first-order valence-corrected chi connectivity index (χ1v) is 36.4. The van der Waals surface area contributed by atoms with Gasteiger partial charge < -0.3 is 37.9 Å². The third kappa shape index (κ3) is 14.0. The van der Waals surface area contributed by atoms with Crippen LogP contribution in [-0.4, -0.2) is 46.5 Å². The fraction of sp³-hybridized carbons (Fsp3) is 0.179. The summed E-state index contributed by atoms with van der Waals surface area (Å²) in [7, 11) is 8.51. The molecule has 4 aromatic heterocycles. The molecule has 17 rings (SSSR count). The summed E-state index contributed by atoms with van der Waals surface area (Å²) in [6.07, 6.45) is 2.42. The minimum absolute atomic E-state index is 0.0359. The molecule has 0 saturated carbocycles. The summed E-state index contributed by atoms with van der Waals surface area (Å²) in [5, 5.41) is 10.5. The highest BCUT2D eigenvalue weighted by molar-refractivity contribution is 6.13. The third-order valence-electron chi connectivity index (χ3n) is 20.2. The van der Waals surface area contributed by atoms with Gasteiger partial charge in [-0.2, -0.15) is 0 Å². The Morgan fingerprint density at radius 1 is 0.301 bits per heavy atom. The van der Waals surface area contributed by atoms with E-state index in [2.05, 4.69) is 430 Å². The molecule has 103 heavy (non-hydrogen) atoms. The number of hydrogen-bond donors (Lipinski definition) is 0. The van der Waals surface area contributed by atoms with Crippen LogP contribution in [0, 0.1) is 12.8 Å². The fourth-order valence-electron chi connectivity index (χ4n) is 14.9. The molecule has 0 fully saturated rings. The van der Waals surface area contributed by atoms with Gasteiger partial charge in [0, 0.05) is 174 Å². The number of aryl methyl sites for hydroxylation is 2. The molecular formula is C95H94N8. The summed E-state index contributed by atoms with van der Waals surface area (Å²) >= 11 is 0. The summed E-state index contributed by atoms with van der Waals surface area (Å²) in [6.45, 7) is 17.9. The molecule has 514 valence electrons. The lowest BCUT2D eigenvalue weighted by molar-refractivity contribution is 0.423. The van der Waals surface area contributed by atoms with Crippen LogP contribution >= 0.6 is 0 Å². The summed E-state index contributed by atoms with van der Waals surface area (Å²) < 4.78 is 9.74. The topological polar surface area (TPSA) is 32.7 Å². The number of nitrogens with zero attached hydrogens (tertiary/aromatic N) is 8. The first kappa shape index (κ1) is 68.4. The number of para-hydroxylation sites is 8. The van der Waals surface area contributed by atoms with Gasteiger partial charge in [0.1, 0.15) is 0 Å². The fourth-order valence-corrected chi connectivity index (χ4v) is 14.9. The zero-order valence-electron chi connectivity index (χ0n) is 61.5. The van der Waals surface area contributed by atoms with Gasteiger partial charge in [-0.05, 0) is 204 Å². The standard InChI is InChI=1S/C26H22N2.3C23H24N2/c1-19-13-15-25-23(17-19)24-18-22(27(2)20-9-5-3-6-10-20)14-16-26(24)28(25)21-11-7-4-8-12-21;1-23(2,3)25-21-13-9-8-12-19(21)20-16-18(14-15-22(20)25)24(4)17-10-6-5-7-11-17;1-17(2)16-25-22-12-8-7-11-20(22)21-15-19(13-14-23(21)25)24(3)18-9-5-4-6-10-18;1-3-4-16-25-22-13-9-8-12-20(22)21-17-19(14-15-23(21)25)24(2)18-10-6-5-7-11-18/h3-18H,1-2H3;5-16H,1-4H3;4-15,17H,16H2,1-3H3;5-15,17H,3-4,16H2,1-2H3. The second kappa shape index (κ2) is 29.8. The quantitative estimate of drug-likeness (QED) is 0.109. The second-order valence-electron chi connectivity index (χ2n) is 28.6. The lowest BCUT2D eigenvalue weighted by Gasteiger charge is -2.24. The van der Waals surface area contributed by atoms with Gasteiger partial charge in [0.2, 0.25) is 0 Å². The van der Waals surface area contributed by atoms with Crippen LogP contribution in [0.15, 0.2) is 315 Å². The lowest BCUT2D eigenvalue weighted by atomic mass is 10.1. The molecule has 0 N–H and O–H groups in total. The number of hydrogen-bond acceptors (Lipinski definition) is 4. The maximum absolute atomic E-state index is 2.47. The van der Waals surface area contributed by atoms with Crippen LogP contribution < -0.4 is 19.6 Å². The Morgan fingerprint density at radius 3 is 1.02 bits per heavy atom. The third-order valence-corrected chi connectivity index (χ3v) is 20.2. The van der Waals surface area contributed by atoms with Crippen LogP contribution in [0.4, 0.5) is 45.5 Å². The highest BCUT2D eigenvalue weighted by Gasteiger charge is 2.22. The van der Waals surface area contributed by atoms with Crippen LogP contribution in [0.3, 0.4) is 0 Å². The van der Waals surface area contributed by atoms with E-state index in [9.17, 15) is 0 Å². The zero-order valence-corrected chi connectivity index (χ0v) is 61.5. The number of anilines is 8. The average molecular weight is 1350 g/mol. The molecule has 0 saturated heterocycles. The zero-order chi connectivity index (χ0) is 71.3. The van der Waals surface area contributed by atoms with E-state index in [4.69, 9.17) is 0 Å². The van der Waals surface area contributed by atoms with Crippen LogP contribution in [0.1, 0.15) is 59.9 Å². The first-order valence-electron chi connectivity index (χ1n) is 36.4. The van der Waals surface area contributed by atoms with E-state index in [1.54, 1.807) is 0 Å². The van der Waals surface area contributed by atoms with Crippen molar-refractivity contribution in [2.24, 2.45) is 5.92 Å². The molecule has 0 amide bonds. The second-order valence-corrected chi connectivity index (χ2v) is 28.6. The van der Waals surface area contributed by atoms with Crippen molar-refractivity contribution in [2.75, 3.05) is 47.8 Å². The van der Waals surface area contributed by atoms with Gasteiger partial charge in [-0.25, -0.2) is 0 Å². The van der Waals surface area contributed by atoms with Crippen molar-refractivity contribution in [1.82, 2.24) is 18.3 Å². The Bertz CT molecular complexity index is 5740. The predicted octanol–water partition coefficient (Wildman–Crippen LogP) is 25.8. The molecule has 0 aliphatic carbocycles. The first-order chi connectivity index (χ1) is 50.1. The van der Waals surface area contributed by atoms with Gasteiger partial charge in [0.15, 0.2) is 0 Å². The van der Waals surface area contributed by atoms with Crippen LogP contribution in [-0.2, 0) is 18.6 Å². The summed E-state index contributed by atoms with van der Waals surface area (Å²) in [5.41, 5.74) is 22.5. The normalized spacial score (nSPS) is 11.5. The Morgan fingerprint density at radius 2 is 0.602 bits per heavy atom. The van der Waals surface area contributed by atoms with E-state index in [-0.39, 0.29) is 5.54 Å². The van der Waals surface area contributed by atoms with Gasteiger partial charge in [-0.1, -0.05) is 184 Å². The minimum atomic E-state index is 0.0359. The number of benzene rings is 13. The van der Waals surface area contributed by atoms with Crippen molar-refractivity contribution in [3.05, 3.63) is 321 Å². The van der Waals surface area contributed by atoms with E-state index in [1.165, 1.54) is 157 Å². The maximum Gasteiger partial charge on any atom is 0.0542 e. The largest absolute Gasteiger partial charge is 0.345 e.